The summed E-state index contributed by atoms with van der Waals surface area (Å²) in [6.45, 7) is 3.17. The average Bonchev–Trinajstić information content (AvgIpc) is 3.45. The number of hydrogen-bond donors (Lipinski definition) is 1. The largest absolute Gasteiger partial charge is 0.467 e. The van der Waals surface area contributed by atoms with Crippen molar-refractivity contribution in [2.45, 2.75) is 26.3 Å². The minimum atomic E-state index is -0.313. The van der Waals surface area contributed by atoms with Crippen LogP contribution in [-0.4, -0.2) is 43.5 Å². The van der Waals surface area contributed by atoms with Gasteiger partial charge in [0.15, 0.2) is 0 Å². The highest BCUT2D eigenvalue weighted by Gasteiger charge is 2.34. The van der Waals surface area contributed by atoms with E-state index in [-0.39, 0.29) is 29.8 Å². The van der Waals surface area contributed by atoms with Crippen LogP contribution in [0.25, 0.3) is 11.7 Å². The molecular formula is C24H23N5O4S2. The van der Waals surface area contributed by atoms with Crippen LogP contribution in [0.3, 0.4) is 0 Å². The van der Waals surface area contributed by atoms with Crippen molar-refractivity contribution in [3.05, 3.63) is 68.9 Å². The van der Waals surface area contributed by atoms with Crippen molar-refractivity contribution < 1.29 is 14.0 Å². The van der Waals surface area contributed by atoms with E-state index in [9.17, 15) is 14.4 Å². The smallest absolute Gasteiger partial charge is 0.267 e. The third-order valence-electron chi connectivity index (χ3n) is 6.30. The number of carbonyl (C=O) groups excluding carboxylic acids is 2. The van der Waals surface area contributed by atoms with Crippen LogP contribution in [0.5, 0.6) is 0 Å². The van der Waals surface area contributed by atoms with Crippen molar-refractivity contribution in [2.24, 2.45) is 11.7 Å². The van der Waals surface area contributed by atoms with E-state index in [0.717, 1.165) is 17.3 Å². The molecule has 3 aromatic heterocycles. The second kappa shape index (κ2) is 9.31. The van der Waals surface area contributed by atoms with Gasteiger partial charge in [-0.1, -0.05) is 30.0 Å². The Labute approximate surface area is 210 Å². The lowest BCUT2D eigenvalue weighted by atomic mass is 9.96. The zero-order chi connectivity index (χ0) is 24.7. The number of nitrogens with zero attached hydrogens (tertiary/aromatic N) is 4. The molecule has 2 aliphatic rings. The molecule has 11 heteroatoms. The van der Waals surface area contributed by atoms with Crippen LogP contribution in [0.4, 0.5) is 5.82 Å². The summed E-state index contributed by atoms with van der Waals surface area (Å²) < 4.78 is 7.25. The minimum absolute atomic E-state index is 0.198. The third kappa shape index (κ3) is 4.37. The molecule has 0 spiro atoms. The average molecular weight is 510 g/mol. The zero-order valence-corrected chi connectivity index (χ0v) is 20.6. The van der Waals surface area contributed by atoms with E-state index in [1.54, 1.807) is 36.7 Å². The Kier molecular flexibility index (Phi) is 6.20. The van der Waals surface area contributed by atoms with Crippen LogP contribution < -0.4 is 16.2 Å². The van der Waals surface area contributed by atoms with Gasteiger partial charge in [-0.05, 0) is 49.6 Å². The van der Waals surface area contributed by atoms with Crippen molar-refractivity contribution in [3.63, 3.8) is 0 Å². The number of aromatic nitrogens is 2. The molecule has 5 rings (SSSR count). The highest BCUT2D eigenvalue weighted by atomic mass is 32.2. The summed E-state index contributed by atoms with van der Waals surface area (Å²) in [6.07, 6.45) is 5.95. The fraction of sp³-hybridized carbons (Fsp3) is 0.292. The number of carbonyl (C=O) groups is 2. The van der Waals surface area contributed by atoms with E-state index in [0.29, 0.717) is 57.9 Å². The fourth-order valence-electron chi connectivity index (χ4n) is 4.37. The molecule has 0 atom stereocenters. The Bertz CT molecular complexity index is 1420. The van der Waals surface area contributed by atoms with Crippen LogP contribution in [0, 0.1) is 12.8 Å². The molecule has 0 unspecified atom stereocenters. The molecule has 35 heavy (non-hydrogen) atoms. The molecule has 0 saturated carbocycles. The number of primary amides is 1. The van der Waals surface area contributed by atoms with Gasteiger partial charge in [0.2, 0.25) is 5.91 Å². The summed E-state index contributed by atoms with van der Waals surface area (Å²) in [5.74, 6) is 0.304. The van der Waals surface area contributed by atoms with Crippen molar-refractivity contribution in [1.82, 2.24) is 14.3 Å². The third-order valence-corrected chi connectivity index (χ3v) is 7.68. The van der Waals surface area contributed by atoms with Gasteiger partial charge >= 0.3 is 0 Å². The molecule has 0 bridgehead atoms. The second-order valence-electron chi connectivity index (χ2n) is 8.55. The van der Waals surface area contributed by atoms with Crippen LogP contribution in [0.15, 0.2) is 50.8 Å². The fourth-order valence-corrected chi connectivity index (χ4v) is 5.61. The molecule has 3 aromatic rings. The lowest BCUT2D eigenvalue weighted by Gasteiger charge is -2.32. The summed E-state index contributed by atoms with van der Waals surface area (Å²) in [5.41, 5.74) is 6.94. The van der Waals surface area contributed by atoms with E-state index >= 15 is 0 Å². The molecular weight excluding hydrogens is 486 g/mol. The van der Waals surface area contributed by atoms with Gasteiger partial charge in [0, 0.05) is 25.2 Å². The molecule has 0 aliphatic carbocycles. The number of nitrogens with two attached hydrogens (primary N) is 1. The van der Waals surface area contributed by atoms with Crippen LogP contribution in [-0.2, 0) is 16.1 Å². The Hall–Kier alpha value is -3.44. The topological polar surface area (TPSA) is 114 Å². The first-order valence-corrected chi connectivity index (χ1v) is 12.4. The first-order chi connectivity index (χ1) is 16.8. The predicted octanol–water partition coefficient (Wildman–Crippen LogP) is 2.70. The Balaban J connectivity index is 1.57. The Morgan fingerprint density at radius 3 is 2.74 bits per heavy atom. The number of hydrogen-bond acceptors (Lipinski definition) is 8. The standard InChI is InChI=1S/C24H23N5O4S2/c1-14-4-2-8-28-20(14)26-21(27-9-6-15(7-10-27)19(25)30)17(22(28)31)12-18-23(32)29(24(34)35-18)13-16-5-3-11-33-16/h2-5,8,11-12,15H,6-7,9-10,13H2,1H3,(H2,25,30). The number of thioether (sulfide) groups is 1. The van der Waals surface area contributed by atoms with Crippen molar-refractivity contribution in [2.75, 3.05) is 18.0 Å². The van der Waals surface area contributed by atoms with Crippen molar-refractivity contribution in [3.8, 4) is 0 Å². The van der Waals surface area contributed by atoms with Crippen LogP contribution >= 0.6 is 24.0 Å². The number of furan rings is 1. The molecule has 0 aromatic carbocycles. The lowest BCUT2D eigenvalue weighted by Crippen LogP contribution is -2.40. The number of amides is 2. The summed E-state index contributed by atoms with van der Waals surface area (Å²) in [6, 6.07) is 7.21. The minimum Gasteiger partial charge on any atom is -0.467 e. The molecule has 2 saturated heterocycles. The molecule has 5 heterocycles. The number of fused-ring (bicyclic) bond motifs is 1. The number of aryl methyl sites for hydroxylation is 1. The summed E-state index contributed by atoms with van der Waals surface area (Å²) in [5, 5.41) is 0. The molecule has 9 nitrogen and oxygen atoms in total. The molecule has 2 amide bonds. The molecule has 2 N–H and O–H groups in total. The predicted molar refractivity (Wildman–Crippen MR) is 138 cm³/mol. The normalized spacial score (nSPS) is 18.3. The van der Waals surface area contributed by atoms with Gasteiger partial charge in [-0.3, -0.25) is 23.7 Å². The first kappa shape index (κ1) is 23.3. The van der Waals surface area contributed by atoms with E-state index in [4.69, 9.17) is 27.4 Å². The van der Waals surface area contributed by atoms with Crippen LogP contribution in [0.2, 0.25) is 0 Å². The Morgan fingerprint density at radius 1 is 1.29 bits per heavy atom. The van der Waals surface area contributed by atoms with Crippen LogP contribution in [0.1, 0.15) is 29.7 Å². The molecule has 0 radical (unpaired) electrons. The van der Waals surface area contributed by atoms with Gasteiger partial charge in [-0.25, -0.2) is 4.98 Å². The van der Waals surface area contributed by atoms with Gasteiger partial charge in [-0.15, -0.1) is 0 Å². The van der Waals surface area contributed by atoms with Gasteiger partial charge in [0.05, 0.1) is 23.3 Å². The van der Waals surface area contributed by atoms with Crippen molar-refractivity contribution >= 4 is 57.7 Å². The highest BCUT2D eigenvalue weighted by molar-refractivity contribution is 8.26. The number of piperidine rings is 1. The maximum absolute atomic E-state index is 13.6. The van der Waals surface area contributed by atoms with E-state index in [2.05, 4.69) is 0 Å². The number of thiocarbonyl (C=S) groups is 1. The maximum Gasteiger partial charge on any atom is 0.267 e. The van der Waals surface area contributed by atoms with Gasteiger partial charge in [-0.2, -0.15) is 0 Å². The summed E-state index contributed by atoms with van der Waals surface area (Å²) in [4.78, 5) is 47.1. The summed E-state index contributed by atoms with van der Waals surface area (Å²) >= 11 is 6.59. The van der Waals surface area contributed by atoms with Crippen molar-refractivity contribution in [1.29, 1.82) is 0 Å². The number of rotatable bonds is 5. The van der Waals surface area contributed by atoms with Gasteiger partial charge in [0.1, 0.15) is 21.5 Å². The number of anilines is 1. The van der Waals surface area contributed by atoms with E-state index in [1.165, 1.54) is 9.30 Å². The molecule has 2 aliphatic heterocycles. The monoisotopic (exact) mass is 509 g/mol. The summed E-state index contributed by atoms with van der Waals surface area (Å²) in [7, 11) is 0. The molecule has 180 valence electrons. The highest BCUT2D eigenvalue weighted by Crippen LogP contribution is 2.35. The first-order valence-electron chi connectivity index (χ1n) is 11.2. The van der Waals surface area contributed by atoms with E-state index < -0.39 is 0 Å². The zero-order valence-electron chi connectivity index (χ0n) is 19.0. The molecule has 2 fully saturated rings. The van der Waals surface area contributed by atoms with Gasteiger partial charge in [0.25, 0.3) is 11.5 Å². The second-order valence-corrected chi connectivity index (χ2v) is 10.2. The quantitative estimate of drug-likeness (QED) is 0.413. The SMILES string of the molecule is Cc1cccn2c(=O)c(C=C3SC(=S)N(Cc4ccco4)C3=O)c(N3CCC(C(N)=O)CC3)nc12. The van der Waals surface area contributed by atoms with Gasteiger partial charge < -0.3 is 15.1 Å². The number of pyridine rings is 1. The Morgan fingerprint density at radius 2 is 2.06 bits per heavy atom. The van der Waals surface area contributed by atoms with E-state index in [1.807, 2.05) is 17.9 Å². The lowest BCUT2D eigenvalue weighted by molar-refractivity contribution is -0.123. The maximum atomic E-state index is 13.6.